The lowest BCUT2D eigenvalue weighted by molar-refractivity contribution is 1.59. The molecular formula is C72H42S4. The second-order valence-electron chi connectivity index (χ2n) is 19.8. The van der Waals surface area contributed by atoms with E-state index in [2.05, 4.69) is 255 Å². The predicted octanol–water partition coefficient (Wildman–Crippen LogP) is 22.8. The first-order valence-corrected chi connectivity index (χ1v) is 29.1. The number of fused-ring (bicyclic) bond motifs is 12. The van der Waals surface area contributed by atoms with Gasteiger partial charge < -0.3 is 0 Å². The molecular weight excluding hydrogens is 993 g/mol. The molecule has 0 nitrogen and oxygen atoms in total. The van der Waals surface area contributed by atoms with Gasteiger partial charge in [-0.1, -0.05) is 212 Å². The van der Waals surface area contributed by atoms with Crippen molar-refractivity contribution in [2.75, 3.05) is 0 Å². The Kier molecular flexibility index (Phi) is 10.1. The quantitative estimate of drug-likeness (QED) is 0.149. The summed E-state index contributed by atoms with van der Waals surface area (Å²) < 4.78 is 10.6. The summed E-state index contributed by atoms with van der Waals surface area (Å²) >= 11 is 7.60. The molecule has 0 fully saturated rings. The molecule has 0 aliphatic carbocycles. The van der Waals surface area contributed by atoms with Crippen molar-refractivity contribution in [1.82, 2.24) is 0 Å². The van der Waals surface area contributed by atoms with E-state index in [0.717, 1.165) is 0 Å². The monoisotopic (exact) mass is 1030 g/mol. The maximum atomic E-state index is 2.45. The lowest BCUT2D eigenvalue weighted by Crippen LogP contribution is -1.89. The maximum absolute atomic E-state index is 2.45. The van der Waals surface area contributed by atoms with Gasteiger partial charge in [-0.15, -0.1) is 45.3 Å². The van der Waals surface area contributed by atoms with Gasteiger partial charge in [-0.25, -0.2) is 0 Å². The number of rotatable bonds is 7. The van der Waals surface area contributed by atoms with Crippen LogP contribution in [0.25, 0.3) is 159 Å². The first-order chi connectivity index (χ1) is 37.7. The van der Waals surface area contributed by atoms with Crippen molar-refractivity contribution in [3.8, 4) is 77.9 Å². The summed E-state index contributed by atoms with van der Waals surface area (Å²) in [6.45, 7) is 0. The Balaban J connectivity index is 0.772. The zero-order chi connectivity index (χ0) is 49.8. The lowest BCUT2D eigenvalue weighted by Gasteiger charge is -2.16. The molecule has 0 bridgehead atoms. The minimum Gasteiger partial charge on any atom is -0.135 e. The van der Waals surface area contributed by atoms with Crippen LogP contribution in [0.5, 0.6) is 0 Å². The summed E-state index contributed by atoms with van der Waals surface area (Å²) in [6.07, 6.45) is 0. The van der Waals surface area contributed by atoms with Gasteiger partial charge >= 0.3 is 0 Å². The van der Waals surface area contributed by atoms with Gasteiger partial charge in [-0.05, 0) is 109 Å². The SMILES string of the molecule is c1cc(-c2cccc(-c3cccc4c3sc3cccc(-c5ccc6sc7c(-c8ccccc8-c8ccccc8-c8cccc9c8sc8ccccc89)cccc7c6c5)c34)c2)cc(-c2cccc3c2sc2ccccc23)c1. The van der Waals surface area contributed by atoms with Crippen LogP contribution in [0.2, 0.25) is 0 Å². The van der Waals surface area contributed by atoms with Crippen LogP contribution in [0.15, 0.2) is 255 Å². The van der Waals surface area contributed by atoms with Gasteiger partial charge in [-0.3, -0.25) is 0 Å². The van der Waals surface area contributed by atoms with E-state index in [4.69, 9.17) is 0 Å². The van der Waals surface area contributed by atoms with Gasteiger partial charge in [0.15, 0.2) is 0 Å². The molecule has 16 aromatic rings. The number of benzene rings is 12. The highest BCUT2D eigenvalue weighted by molar-refractivity contribution is 7.27. The number of hydrogen-bond donors (Lipinski definition) is 0. The summed E-state index contributed by atoms with van der Waals surface area (Å²) in [7, 11) is 0. The molecule has 76 heavy (non-hydrogen) atoms. The molecule has 4 heterocycles. The van der Waals surface area contributed by atoms with Crippen molar-refractivity contribution in [3.63, 3.8) is 0 Å². The highest BCUT2D eigenvalue weighted by Crippen LogP contribution is 2.50. The molecule has 0 spiro atoms. The zero-order valence-electron chi connectivity index (χ0n) is 40.9. The Morgan fingerprint density at radius 2 is 0.500 bits per heavy atom. The molecule has 0 aliphatic rings. The van der Waals surface area contributed by atoms with Gasteiger partial charge in [-0.2, -0.15) is 0 Å². The fourth-order valence-electron chi connectivity index (χ4n) is 12.1. The average Bonchev–Trinajstić information content (AvgIpc) is 4.29. The Hall–Kier alpha value is -8.48. The van der Waals surface area contributed by atoms with E-state index < -0.39 is 0 Å². The van der Waals surface area contributed by atoms with Gasteiger partial charge in [0.1, 0.15) is 0 Å². The highest BCUT2D eigenvalue weighted by Gasteiger charge is 2.21. The van der Waals surface area contributed by atoms with Crippen LogP contribution < -0.4 is 0 Å². The van der Waals surface area contributed by atoms with Gasteiger partial charge in [0.2, 0.25) is 0 Å². The van der Waals surface area contributed by atoms with E-state index in [-0.39, 0.29) is 0 Å². The number of hydrogen-bond acceptors (Lipinski definition) is 4. The van der Waals surface area contributed by atoms with E-state index in [1.807, 2.05) is 45.3 Å². The fraction of sp³-hybridized carbons (Fsp3) is 0. The third-order valence-corrected chi connectivity index (χ3v) is 20.4. The van der Waals surface area contributed by atoms with Gasteiger partial charge in [0.25, 0.3) is 0 Å². The summed E-state index contributed by atoms with van der Waals surface area (Å²) in [4.78, 5) is 0. The van der Waals surface area contributed by atoms with E-state index in [9.17, 15) is 0 Å². The molecule has 16 rings (SSSR count). The zero-order valence-corrected chi connectivity index (χ0v) is 44.1. The molecule has 354 valence electrons. The predicted molar refractivity (Wildman–Crippen MR) is 336 cm³/mol. The summed E-state index contributed by atoms with van der Waals surface area (Å²) in [5.74, 6) is 0. The van der Waals surface area contributed by atoms with E-state index in [1.165, 1.54) is 159 Å². The van der Waals surface area contributed by atoms with E-state index in [0.29, 0.717) is 0 Å². The molecule has 0 unspecified atom stereocenters. The van der Waals surface area contributed by atoms with Crippen molar-refractivity contribution < 1.29 is 0 Å². The Morgan fingerprint density at radius 3 is 1.07 bits per heavy atom. The topological polar surface area (TPSA) is 0 Å². The van der Waals surface area contributed by atoms with Gasteiger partial charge in [0.05, 0.1) is 0 Å². The molecule has 12 aromatic carbocycles. The van der Waals surface area contributed by atoms with Crippen molar-refractivity contribution in [2.24, 2.45) is 0 Å². The smallest absolute Gasteiger partial charge is 0.0434 e. The molecule has 0 aliphatic heterocycles. The maximum Gasteiger partial charge on any atom is 0.0434 e. The first kappa shape index (κ1) is 43.9. The minimum atomic E-state index is 1.22. The Morgan fingerprint density at radius 1 is 0.171 bits per heavy atom. The van der Waals surface area contributed by atoms with Crippen LogP contribution >= 0.6 is 45.3 Å². The average molecular weight is 1040 g/mol. The third kappa shape index (κ3) is 6.92. The van der Waals surface area contributed by atoms with Crippen LogP contribution in [0.1, 0.15) is 0 Å². The van der Waals surface area contributed by atoms with Crippen LogP contribution in [-0.4, -0.2) is 0 Å². The lowest BCUT2D eigenvalue weighted by atomic mass is 9.88. The van der Waals surface area contributed by atoms with Crippen molar-refractivity contribution in [3.05, 3.63) is 255 Å². The largest absolute Gasteiger partial charge is 0.135 e. The van der Waals surface area contributed by atoms with Crippen LogP contribution in [-0.2, 0) is 0 Å². The second kappa shape index (κ2) is 17.6. The Bertz CT molecular complexity index is 5020. The highest BCUT2D eigenvalue weighted by atomic mass is 32.1. The molecule has 0 radical (unpaired) electrons. The minimum absolute atomic E-state index is 1.22. The molecule has 0 saturated heterocycles. The second-order valence-corrected chi connectivity index (χ2v) is 24.0. The van der Waals surface area contributed by atoms with Crippen molar-refractivity contribution >= 4 is 126 Å². The molecule has 0 saturated carbocycles. The normalized spacial score (nSPS) is 11.9. The first-order valence-electron chi connectivity index (χ1n) is 25.8. The molecule has 4 heteroatoms. The molecule has 0 amide bonds. The summed E-state index contributed by atoms with van der Waals surface area (Å²) in [6, 6.07) is 95.1. The van der Waals surface area contributed by atoms with Crippen molar-refractivity contribution in [1.29, 1.82) is 0 Å². The van der Waals surface area contributed by atoms with Crippen molar-refractivity contribution in [2.45, 2.75) is 0 Å². The van der Waals surface area contributed by atoms with Crippen LogP contribution in [0, 0.1) is 0 Å². The third-order valence-electron chi connectivity index (χ3n) is 15.5. The van der Waals surface area contributed by atoms with E-state index in [1.54, 1.807) is 0 Å². The fourth-order valence-corrected chi connectivity index (χ4v) is 17.0. The Labute approximate surface area is 455 Å². The number of thiophene rings is 4. The molecule has 0 atom stereocenters. The van der Waals surface area contributed by atoms with Gasteiger partial charge in [0, 0.05) is 91.8 Å². The molecule has 0 N–H and O–H groups in total. The van der Waals surface area contributed by atoms with Crippen LogP contribution in [0.4, 0.5) is 0 Å². The summed E-state index contributed by atoms with van der Waals surface area (Å²) in [5.41, 5.74) is 17.5. The van der Waals surface area contributed by atoms with Crippen LogP contribution in [0.3, 0.4) is 0 Å². The molecule has 4 aromatic heterocycles. The van der Waals surface area contributed by atoms with E-state index >= 15 is 0 Å². The summed E-state index contributed by atoms with van der Waals surface area (Å²) in [5, 5.41) is 10.5. The standard InChI is InChI=1S/C72H42S4/c1-3-22-53(57-29-13-32-60-56-25-6-8-36-65(56)74-71(57)60)51(20-1)52-21-2-4-23-54(52)58-30-14-33-61-63-42-47(38-39-66(63)75-72(58)61)48-26-15-37-67-68(48)62-34-12-28-50(70(62)76-67)46-19-10-17-44(41-46)43-16-9-18-45(40-43)49-27-11-31-59-55-24-5-7-35-64(55)73-69(49)59/h1-42H.